The molecule has 2 aromatic carbocycles. The van der Waals surface area contributed by atoms with Gasteiger partial charge in [-0.25, -0.2) is 0 Å². The highest BCUT2D eigenvalue weighted by Gasteiger charge is 2.38. The third kappa shape index (κ3) is 4.22. The van der Waals surface area contributed by atoms with Crippen LogP contribution >= 0.6 is 0 Å². The van der Waals surface area contributed by atoms with Crippen molar-refractivity contribution in [1.82, 2.24) is 10.2 Å². The molecule has 1 fully saturated rings. The van der Waals surface area contributed by atoms with E-state index in [1.54, 1.807) is 6.92 Å². The van der Waals surface area contributed by atoms with Crippen LogP contribution < -0.4 is 5.32 Å². The Balaban J connectivity index is 1.95. The predicted molar refractivity (Wildman–Crippen MR) is 103 cm³/mol. The molecule has 0 spiro atoms. The van der Waals surface area contributed by atoms with Crippen LogP contribution in [0.15, 0.2) is 48.5 Å². The molecule has 1 saturated heterocycles. The Labute approximate surface area is 163 Å². The summed E-state index contributed by atoms with van der Waals surface area (Å²) >= 11 is 0. The van der Waals surface area contributed by atoms with Gasteiger partial charge in [0.2, 0.25) is 0 Å². The molecule has 1 heterocycles. The van der Waals surface area contributed by atoms with E-state index in [0.717, 1.165) is 37.1 Å². The SMILES string of the molecule is CCc1cc(C(F)(F)F)ccc1C(=O)NC1(c2ccccc2)CCCN(C)C1. The number of benzene rings is 2. The van der Waals surface area contributed by atoms with Crippen LogP contribution in [0.3, 0.4) is 0 Å². The van der Waals surface area contributed by atoms with Crippen molar-refractivity contribution >= 4 is 5.91 Å². The van der Waals surface area contributed by atoms with Crippen molar-refractivity contribution in [2.24, 2.45) is 0 Å². The first-order chi connectivity index (χ1) is 13.2. The average Bonchev–Trinajstić information content (AvgIpc) is 2.67. The van der Waals surface area contributed by atoms with E-state index in [0.29, 0.717) is 24.1 Å². The molecule has 0 aromatic heterocycles. The molecule has 3 nitrogen and oxygen atoms in total. The standard InChI is InChI=1S/C22H25F3N2O/c1-3-16-14-18(22(23,24)25)10-11-19(16)20(28)26-21(12-7-13-27(2)15-21)17-8-5-4-6-9-17/h4-6,8-11,14H,3,7,12-13,15H2,1-2H3,(H,26,28). The Morgan fingerprint density at radius 2 is 1.89 bits per heavy atom. The van der Waals surface area contributed by atoms with E-state index in [9.17, 15) is 18.0 Å². The third-order valence-electron chi connectivity index (χ3n) is 5.42. The molecule has 1 amide bonds. The highest BCUT2D eigenvalue weighted by molar-refractivity contribution is 5.96. The fraction of sp³-hybridized carbons (Fsp3) is 0.409. The number of hydrogen-bond donors (Lipinski definition) is 1. The van der Waals surface area contributed by atoms with Gasteiger partial charge in [-0.15, -0.1) is 0 Å². The molecule has 3 rings (SSSR count). The number of halogens is 3. The van der Waals surface area contributed by atoms with Crippen LogP contribution in [0.25, 0.3) is 0 Å². The number of carbonyl (C=O) groups is 1. The molecule has 2 aromatic rings. The fourth-order valence-corrected chi connectivity index (χ4v) is 4.01. The summed E-state index contributed by atoms with van der Waals surface area (Å²) in [6.45, 7) is 3.36. The number of carbonyl (C=O) groups excluding carboxylic acids is 1. The van der Waals surface area contributed by atoms with Gasteiger partial charge in [0.25, 0.3) is 5.91 Å². The molecule has 0 bridgehead atoms. The average molecular weight is 390 g/mol. The lowest BCUT2D eigenvalue weighted by Crippen LogP contribution is -2.55. The Kier molecular flexibility index (Phi) is 5.79. The second kappa shape index (κ2) is 7.95. The number of likely N-dealkylation sites (tertiary alicyclic amines) is 1. The van der Waals surface area contributed by atoms with Crippen LogP contribution in [0.4, 0.5) is 13.2 Å². The van der Waals surface area contributed by atoms with E-state index in [2.05, 4.69) is 10.2 Å². The number of nitrogens with one attached hydrogen (secondary N) is 1. The molecule has 1 atom stereocenters. The van der Waals surface area contributed by atoms with Crippen molar-refractivity contribution in [2.45, 2.75) is 37.9 Å². The number of rotatable bonds is 4. The van der Waals surface area contributed by atoms with E-state index < -0.39 is 17.3 Å². The highest BCUT2D eigenvalue weighted by atomic mass is 19.4. The first-order valence-corrected chi connectivity index (χ1v) is 9.52. The molecule has 6 heteroatoms. The molecule has 0 radical (unpaired) electrons. The van der Waals surface area contributed by atoms with Gasteiger partial charge in [0.05, 0.1) is 11.1 Å². The molecule has 28 heavy (non-hydrogen) atoms. The first-order valence-electron chi connectivity index (χ1n) is 9.52. The number of amides is 1. The van der Waals surface area contributed by atoms with Crippen LogP contribution in [0, 0.1) is 0 Å². The summed E-state index contributed by atoms with van der Waals surface area (Å²) in [5.74, 6) is -0.329. The Bertz CT molecular complexity index is 835. The van der Waals surface area contributed by atoms with E-state index in [-0.39, 0.29) is 5.91 Å². The maximum atomic E-state index is 13.1. The van der Waals surface area contributed by atoms with E-state index in [4.69, 9.17) is 0 Å². The van der Waals surface area contributed by atoms with E-state index in [1.165, 1.54) is 6.07 Å². The number of piperidine rings is 1. The van der Waals surface area contributed by atoms with Crippen LogP contribution in [0.5, 0.6) is 0 Å². The lowest BCUT2D eigenvalue weighted by molar-refractivity contribution is -0.137. The molecule has 1 unspecified atom stereocenters. The van der Waals surface area contributed by atoms with Crippen molar-refractivity contribution in [3.63, 3.8) is 0 Å². The summed E-state index contributed by atoms with van der Waals surface area (Å²) in [4.78, 5) is 15.3. The van der Waals surface area contributed by atoms with Gasteiger partial charge in [-0.1, -0.05) is 37.3 Å². The molecule has 0 aliphatic carbocycles. The summed E-state index contributed by atoms with van der Waals surface area (Å²) < 4.78 is 39.1. The highest BCUT2D eigenvalue weighted by Crippen LogP contribution is 2.33. The number of aryl methyl sites for hydroxylation is 1. The smallest absolute Gasteiger partial charge is 0.341 e. The van der Waals surface area contributed by atoms with Crippen LogP contribution in [-0.2, 0) is 18.1 Å². The minimum absolute atomic E-state index is 0.305. The van der Waals surface area contributed by atoms with E-state index >= 15 is 0 Å². The molecule has 1 N–H and O–H groups in total. The van der Waals surface area contributed by atoms with Crippen LogP contribution in [0.2, 0.25) is 0 Å². The second-order valence-corrected chi connectivity index (χ2v) is 7.47. The maximum Gasteiger partial charge on any atom is 0.416 e. The first kappa shape index (κ1) is 20.4. The summed E-state index contributed by atoms with van der Waals surface area (Å²) in [5.41, 5.74) is 0.439. The van der Waals surface area contributed by atoms with Crippen molar-refractivity contribution in [2.75, 3.05) is 20.1 Å². The number of nitrogens with zero attached hydrogens (tertiary/aromatic N) is 1. The number of alkyl halides is 3. The molecule has 1 aliphatic heterocycles. The molecule has 150 valence electrons. The fourth-order valence-electron chi connectivity index (χ4n) is 4.01. The molecule has 1 aliphatic rings. The van der Waals surface area contributed by atoms with Crippen molar-refractivity contribution in [3.8, 4) is 0 Å². The van der Waals surface area contributed by atoms with Gasteiger partial charge in [-0.3, -0.25) is 4.79 Å². The maximum absolute atomic E-state index is 13.1. The zero-order valence-electron chi connectivity index (χ0n) is 16.1. The normalized spacial score (nSPS) is 20.8. The van der Waals surface area contributed by atoms with Crippen LogP contribution in [-0.4, -0.2) is 30.9 Å². The summed E-state index contributed by atoms with van der Waals surface area (Å²) in [6, 6.07) is 13.1. The lowest BCUT2D eigenvalue weighted by Gasteiger charge is -2.42. The lowest BCUT2D eigenvalue weighted by atomic mass is 9.82. The predicted octanol–water partition coefficient (Wildman–Crippen LogP) is 4.62. The van der Waals surface area contributed by atoms with Gasteiger partial charge in [0.1, 0.15) is 0 Å². The van der Waals surface area contributed by atoms with Gasteiger partial charge >= 0.3 is 6.18 Å². The topological polar surface area (TPSA) is 32.3 Å². The molecule has 0 saturated carbocycles. The monoisotopic (exact) mass is 390 g/mol. The summed E-state index contributed by atoms with van der Waals surface area (Å²) in [7, 11) is 2.01. The van der Waals surface area contributed by atoms with Crippen molar-refractivity contribution < 1.29 is 18.0 Å². The summed E-state index contributed by atoms with van der Waals surface area (Å²) in [5, 5.41) is 3.17. The Morgan fingerprint density at radius 1 is 1.18 bits per heavy atom. The van der Waals surface area contributed by atoms with Gasteiger partial charge < -0.3 is 10.2 Å². The van der Waals surface area contributed by atoms with Gasteiger partial charge in [-0.05, 0) is 62.2 Å². The van der Waals surface area contributed by atoms with E-state index in [1.807, 2.05) is 37.4 Å². The van der Waals surface area contributed by atoms with Gasteiger partial charge in [0.15, 0.2) is 0 Å². The minimum atomic E-state index is -4.42. The second-order valence-electron chi connectivity index (χ2n) is 7.47. The zero-order chi connectivity index (χ0) is 20.4. The Morgan fingerprint density at radius 3 is 2.50 bits per heavy atom. The number of hydrogen-bond acceptors (Lipinski definition) is 2. The summed E-state index contributed by atoms with van der Waals surface area (Å²) in [6.07, 6.45) is -2.35. The Hall–Kier alpha value is -2.34. The zero-order valence-corrected chi connectivity index (χ0v) is 16.1. The quantitative estimate of drug-likeness (QED) is 0.826. The van der Waals surface area contributed by atoms with Crippen molar-refractivity contribution in [1.29, 1.82) is 0 Å². The largest absolute Gasteiger partial charge is 0.416 e. The van der Waals surface area contributed by atoms with Gasteiger partial charge in [0, 0.05) is 12.1 Å². The van der Waals surface area contributed by atoms with Gasteiger partial charge in [-0.2, -0.15) is 13.2 Å². The minimum Gasteiger partial charge on any atom is -0.341 e. The number of likely N-dealkylation sites (N-methyl/N-ethyl adjacent to an activating group) is 1. The third-order valence-corrected chi connectivity index (χ3v) is 5.42. The van der Waals surface area contributed by atoms with Crippen molar-refractivity contribution in [3.05, 3.63) is 70.8 Å². The molecular formula is C22H25F3N2O. The molecular weight excluding hydrogens is 365 g/mol. The van der Waals surface area contributed by atoms with Crippen LogP contribution in [0.1, 0.15) is 46.8 Å².